The van der Waals surface area contributed by atoms with Crippen LogP contribution in [0.15, 0.2) is 30.3 Å². The van der Waals surface area contributed by atoms with Crippen molar-refractivity contribution in [2.75, 3.05) is 0 Å². The molecule has 0 aromatic heterocycles. The number of benzene rings is 1. The van der Waals surface area contributed by atoms with E-state index in [1.807, 2.05) is 18.2 Å². The van der Waals surface area contributed by atoms with E-state index in [0.29, 0.717) is 0 Å². The molecule has 0 radical (unpaired) electrons. The fourth-order valence-corrected chi connectivity index (χ4v) is 0.534. The second-order valence-corrected chi connectivity index (χ2v) is 21.7. The number of hydrogen-bond donors (Lipinski definition) is 0. The average molecular weight is 626 g/mol. The van der Waals surface area contributed by atoms with Crippen LogP contribution in [0.1, 0.15) is 5.56 Å². The van der Waals surface area contributed by atoms with Crippen molar-refractivity contribution in [3.05, 3.63) is 58.2 Å². The maximum Gasteiger partial charge on any atom is 3.00 e. The zero-order chi connectivity index (χ0) is 15.8. The maximum atomic E-state index is 4.94. The molecule has 1 rings (SSSR count). The molecule has 0 aliphatic heterocycles. The van der Waals surface area contributed by atoms with E-state index in [9.17, 15) is 0 Å². The van der Waals surface area contributed by atoms with E-state index in [4.69, 9.17) is 90.4 Å². The SMILES string of the molecule is Cc1ccccc1.[CH3-].[CH3-].[CH3-].[Cl][Al]([Cl])[Cl].[Cl][Al]([Cl])[Cl].[Cl][Al]([Cl])[Cl].[Y+3]. The quantitative estimate of drug-likeness (QED) is 0.201. The van der Waals surface area contributed by atoms with Gasteiger partial charge in [-0.2, -0.15) is 0 Å². The van der Waals surface area contributed by atoms with E-state index in [1.54, 1.807) is 0 Å². The molecule has 0 saturated carbocycles. The molecule has 0 atom stereocenters. The molecule has 0 amide bonds. The summed E-state index contributed by atoms with van der Waals surface area (Å²) in [6.07, 6.45) is 0. The Morgan fingerprint density at radius 2 is 0.739 bits per heavy atom. The molecule has 0 saturated heterocycles. The largest absolute Gasteiger partial charge is 3.00 e. The van der Waals surface area contributed by atoms with E-state index in [0.717, 1.165) is 0 Å². The van der Waals surface area contributed by atoms with Gasteiger partial charge in [0.15, 0.2) is 0 Å². The van der Waals surface area contributed by atoms with E-state index in [2.05, 4.69) is 19.1 Å². The molecule has 1 aromatic carbocycles. The smallest absolute Gasteiger partial charge is 0.358 e. The van der Waals surface area contributed by atoms with E-state index < -0.39 is 34.2 Å². The van der Waals surface area contributed by atoms with Crippen LogP contribution in [-0.4, -0.2) is 34.2 Å². The summed E-state index contributed by atoms with van der Waals surface area (Å²) in [5.74, 6) is 0. The van der Waals surface area contributed by atoms with Gasteiger partial charge in [-0.25, -0.2) is 90.4 Å². The van der Waals surface area contributed by atoms with Crippen LogP contribution in [0.4, 0.5) is 0 Å². The predicted molar refractivity (Wildman–Crippen MR) is 120 cm³/mol. The summed E-state index contributed by atoms with van der Waals surface area (Å²) in [6.45, 7) is 2.08. The monoisotopic (exact) mass is 622 g/mol. The second kappa shape index (κ2) is 37.3. The van der Waals surface area contributed by atoms with Gasteiger partial charge in [0.2, 0.25) is 0 Å². The van der Waals surface area contributed by atoms with Gasteiger partial charge in [0.05, 0.1) is 0 Å². The van der Waals surface area contributed by atoms with Crippen LogP contribution in [-0.2, 0) is 32.7 Å². The van der Waals surface area contributed by atoms with Gasteiger partial charge in [0.1, 0.15) is 0 Å². The summed E-state index contributed by atoms with van der Waals surface area (Å²) in [5, 5.41) is 0. The fourth-order valence-electron chi connectivity index (χ4n) is 0.534. The normalized spacial score (nSPS) is 6.17. The average Bonchev–Trinajstić information content (AvgIpc) is 2.15. The van der Waals surface area contributed by atoms with Crippen LogP contribution in [0, 0.1) is 29.2 Å². The molecule has 13 heteroatoms. The van der Waals surface area contributed by atoms with Crippen molar-refractivity contribution in [2.24, 2.45) is 0 Å². The maximum absolute atomic E-state index is 4.94. The molecule has 0 aliphatic carbocycles. The van der Waals surface area contributed by atoms with Gasteiger partial charge in [-0.3, -0.25) is 0 Å². The molecule has 0 aliphatic rings. The van der Waals surface area contributed by atoms with Crippen molar-refractivity contribution < 1.29 is 32.7 Å². The Morgan fingerprint density at radius 3 is 0.826 bits per heavy atom. The summed E-state index contributed by atoms with van der Waals surface area (Å²) in [6, 6.07) is 10.3. The van der Waals surface area contributed by atoms with Gasteiger partial charge in [-0.15, -0.1) is 0 Å². The number of halogens is 9. The van der Waals surface area contributed by atoms with Gasteiger partial charge < -0.3 is 22.3 Å². The Labute approximate surface area is 218 Å². The Hall–Kier alpha value is 4.53. The molecule has 0 unspecified atom stereocenters. The molecule has 132 valence electrons. The molecule has 0 spiro atoms. The zero-order valence-corrected chi connectivity index (χ0v) is 26.2. The minimum Gasteiger partial charge on any atom is -0.358 e. The number of hydrogen-bond acceptors (Lipinski definition) is 0. The first-order chi connectivity index (χ1) is 8.59. The van der Waals surface area contributed by atoms with E-state index >= 15 is 0 Å². The third-order valence-corrected chi connectivity index (χ3v) is 0.940. The van der Waals surface area contributed by atoms with Gasteiger partial charge >= 0.3 is 66.9 Å². The summed E-state index contributed by atoms with van der Waals surface area (Å²) in [4.78, 5) is 0. The van der Waals surface area contributed by atoms with Crippen LogP contribution in [0.3, 0.4) is 0 Å². The fraction of sp³-hybridized carbons (Fsp3) is 0.100. The third-order valence-electron chi connectivity index (χ3n) is 0.940. The number of aryl methyl sites for hydroxylation is 1. The standard InChI is InChI=1S/C7H8.3CH3.3Al.9ClH.Y/c1-7-5-3-2-4-6-7;;;;;;;;;;;;;;;;/h2-6H,1H3;3*1H3;;;;9*1H;/q;3*-1;3*+3;;;;;;;;;;+3/p-9. The molecule has 0 fully saturated rings. The Morgan fingerprint density at radius 1 is 0.565 bits per heavy atom. The molecule has 0 bridgehead atoms. The van der Waals surface area contributed by atoms with Crippen LogP contribution >= 0.6 is 90.4 Å². The molecule has 1 aromatic rings. The first-order valence-electron chi connectivity index (χ1n) is 4.37. The van der Waals surface area contributed by atoms with Gasteiger partial charge in [-0.05, 0) is 6.92 Å². The van der Waals surface area contributed by atoms with Crippen molar-refractivity contribution in [2.45, 2.75) is 6.92 Å². The Kier molecular flexibility index (Phi) is 74.6. The van der Waals surface area contributed by atoms with Gasteiger partial charge in [0.25, 0.3) is 0 Å². The summed E-state index contributed by atoms with van der Waals surface area (Å²) < 4.78 is 0. The van der Waals surface area contributed by atoms with E-state index in [-0.39, 0.29) is 55.0 Å². The van der Waals surface area contributed by atoms with E-state index in [1.165, 1.54) is 5.56 Å². The summed E-state index contributed by atoms with van der Waals surface area (Å²) in [5.41, 5.74) is 1.32. The molecule has 0 N–H and O–H groups in total. The Bertz CT molecular complexity index is 246. The van der Waals surface area contributed by atoms with Crippen LogP contribution < -0.4 is 0 Å². The van der Waals surface area contributed by atoms with Gasteiger partial charge in [0, 0.05) is 0 Å². The minimum atomic E-state index is -1.72. The molecular formula is C10H17Al3Cl9Y. The minimum absolute atomic E-state index is 0. The van der Waals surface area contributed by atoms with Crippen LogP contribution in [0.5, 0.6) is 0 Å². The van der Waals surface area contributed by atoms with Crippen LogP contribution in [0.25, 0.3) is 0 Å². The molecule has 0 heterocycles. The molecule has 0 nitrogen and oxygen atoms in total. The second-order valence-electron chi connectivity index (χ2n) is 2.40. The predicted octanol–water partition coefficient (Wildman–Crippen LogP) is 8.41. The first-order valence-corrected chi connectivity index (χ1v) is 20.1. The zero-order valence-electron chi connectivity index (χ0n) is 13.1. The number of rotatable bonds is 0. The van der Waals surface area contributed by atoms with Crippen molar-refractivity contribution in [1.29, 1.82) is 0 Å². The van der Waals surface area contributed by atoms with Crippen molar-refractivity contribution >= 4 is 125 Å². The summed E-state index contributed by atoms with van der Waals surface area (Å²) in [7, 11) is 44.5. The third kappa shape index (κ3) is 102. The van der Waals surface area contributed by atoms with Crippen molar-refractivity contribution in [1.82, 2.24) is 0 Å². The van der Waals surface area contributed by atoms with Crippen molar-refractivity contribution in [3.8, 4) is 0 Å². The molecular weight excluding hydrogens is 609 g/mol. The Balaban J connectivity index is -0.0000000292. The van der Waals surface area contributed by atoms with Crippen molar-refractivity contribution in [3.63, 3.8) is 0 Å². The van der Waals surface area contributed by atoms with Crippen LogP contribution in [0.2, 0.25) is 0 Å². The molecule has 23 heavy (non-hydrogen) atoms. The topological polar surface area (TPSA) is 0 Å². The van der Waals surface area contributed by atoms with Gasteiger partial charge in [-0.1, -0.05) is 35.9 Å². The first kappa shape index (κ1) is 46.0. The summed E-state index contributed by atoms with van der Waals surface area (Å²) >= 11 is -5.17.